The molecule has 1 heterocycles. The van der Waals surface area contributed by atoms with Gasteiger partial charge in [-0.05, 0) is 50.5 Å². The number of nitrogens with two attached hydrogens (primary N) is 1. The quantitative estimate of drug-likeness (QED) is 0.691. The molecule has 2 aromatic carbocycles. The van der Waals surface area contributed by atoms with Crippen molar-refractivity contribution in [3.63, 3.8) is 0 Å². The number of nitrogens with zero attached hydrogens (tertiary/aromatic N) is 2. The summed E-state index contributed by atoms with van der Waals surface area (Å²) in [5.41, 5.74) is 8.99. The van der Waals surface area contributed by atoms with Crippen LogP contribution in [0.25, 0.3) is 11.0 Å². The Morgan fingerprint density at radius 2 is 1.89 bits per heavy atom. The lowest BCUT2D eigenvalue weighted by Crippen LogP contribution is -1.95. The van der Waals surface area contributed by atoms with Crippen molar-refractivity contribution in [2.24, 2.45) is 0 Å². The van der Waals surface area contributed by atoms with Crippen LogP contribution in [0.4, 0.5) is 17.1 Å². The third-order valence-corrected chi connectivity index (χ3v) is 4.07. The molecule has 96 valence electrons. The van der Waals surface area contributed by atoms with Gasteiger partial charge in [-0.15, -0.1) is 0 Å². The van der Waals surface area contributed by atoms with E-state index in [1.54, 1.807) is 12.1 Å². The fourth-order valence-corrected chi connectivity index (χ4v) is 2.27. The zero-order valence-corrected chi connectivity index (χ0v) is 11.9. The summed E-state index contributed by atoms with van der Waals surface area (Å²) in [6.07, 6.45) is 0. The number of aromatic nitrogens is 2. The topological polar surface area (TPSA) is 77.0 Å². The minimum Gasteiger partial charge on any atom is -0.397 e. The molecule has 3 aromatic rings. The summed E-state index contributed by atoms with van der Waals surface area (Å²) in [7, 11) is 0. The normalized spacial score (nSPS) is 10.8. The molecule has 0 saturated heterocycles. The number of fused-ring (bicyclic) bond motifs is 1. The molecule has 0 aliphatic heterocycles. The van der Waals surface area contributed by atoms with Crippen molar-refractivity contribution in [1.29, 1.82) is 0 Å². The summed E-state index contributed by atoms with van der Waals surface area (Å²) >= 11 is 9.48. The lowest BCUT2D eigenvalue weighted by atomic mass is 10.2. The van der Waals surface area contributed by atoms with Crippen LogP contribution in [0, 0.1) is 0 Å². The average molecular weight is 340 g/mol. The van der Waals surface area contributed by atoms with Crippen LogP contribution >= 0.6 is 27.5 Å². The monoisotopic (exact) mass is 338 g/mol. The second-order valence-electron chi connectivity index (χ2n) is 3.89. The van der Waals surface area contributed by atoms with Gasteiger partial charge < -0.3 is 11.1 Å². The van der Waals surface area contributed by atoms with Crippen LogP contribution in [0.5, 0.6) is 0 Å². The van der Waals surface area contributed by atoms with Crippen molar-refractivity contribution >= 4 is 55.6 Å². The van der Waals surface area contributed by atoms with Crippen molar-refractivity contribution in [3.8, 4) is 0 Å². The molecule has 0 aliphatic rings. The number of nitrogen functional groups attached to an aromatic ring is 1. The highest BCUT2D eigenvalue weighted by atomic mass is 79.9. The molecule has 0 aliphatic carbocycles. The van der Waals surface area contributed by atoms with E-state index in [9.17, 15) is 0 Å². The van der Waals surface area contributed by atoms with Gasteiger partial charge in [-0.1, -0.05) is 17.7 Å². The predicted octanol–water partition coefficient (Wildman–Crippen LogP) is 3.96. The van der Waals surface area contributed by atoms with E-state index in [4.69, 9.17) is 22.0 Å². The first-order valence-electron chi connectivity index (χ1n) is 5.38. The van der Waals surface area contributed by atoms with E-state index in [0.717, 1.165) is 15.8 Å². The lowest BCUT2D eigenvalue weighted by Gasteiger charge is -2.09. The first-order valence-corrected chi connectivity index (χ1v) is 6.55. The Hall–Kier alpha value is -1.79. The maximum Gasteiger partial charge on any atom is 0.160 e. The summed E-state index contributed by atoms with van der Waals surface area (Å²) in [6, 6.07) is 9.10. The number of hydrogen-bond donors (Lipinski definition) is 2. The maximum absolute atomic E-state index is 6.05. The molecule has 7 heteroatoms. The first-order chi connectivity index (χ1) is 9.16. The highest BCUT2D eigenvalue weighted by Gasteiger charge is 2.11. The van der Waals surface area contributed by atoms with Gasteiger partial charge >= 0.3 is 0 Å². The number of hydrogen-bond acceptors (Lipinski definition) is 5. The first kappa shape index (κ1) is 12.3. The van der Waals surface area contributed by atoms with Crippen molar-refractivity contribution in [2.45, 2.75) is 0 Å². The summed E-state index contributed by atoms with van der Waals surface area (Å²) in [5, 5.41) is 11.5. The van der Waals surface area contributed by atoms with Gasteiger partial charge in [0.05, 0.1) is 26.6 Å². The molecule has 0 amide bonds. The summed E-state index contributed by atoms with van der Waals surface area (Å²) in [4.78, 5) is 0. The lowest BCUT2D eigenvalue weighted by molar-refractivity contribution is 0.316. The number of rotatable bonds is 2. The van der Waals surface area contributed by atoms with Crippen molar-refractivity contribution < 1.29 is 4.63 Å². The molecule has 0 radical (unpaired) electrons. The highest BCUT2D eigenvalue weighted by Crippen LogP contribution is 2.34. The van der Waals surface area contributed by atoms with Gasteiger partial charge in [0.25, 0.3) is 0 Å². The molecule has 3 rings (SSSR count). The molecule has 0 bridgehead atoms. The van der Waals surface area contributed by atoms with Crippen LogP contribution in [0.2, 0.25) is 5.02 Å². The largest absolute Gasteiger partial charge is 0.397 e. The minimum atomic E-state index is 0.520. The van der Waals surface area contributed by atoms with E-state index >= 15 is 0 Å². The number of nitrogens with one attached hydrogen (secondary N) is 1. The molecular formula is C12H8BrClN4O. The van der Waals surface area contributed by atoms with E-state index in [0.29, 0.717) is 21.7 Å². The van der Waals surface area contributed by atoms with Crippen LogP contribution < -0.4 is 11.1 Å². The van der Waals surface area contributed by atoms with E-state index in [1.165, 1.54) is 0 Å². The van der Waals surface area contributed by atoms with Gasteiger partial charge in [-0.25, -0.2) is 4.63 Å². The third kappa shape index (κ3) is 2.13. The van der Waals surface area contributed by atoms with E-state index < -0.39 is 0 Å². The van der Waals surface area contributed by atoms with Crippen molar-refractivity contribution in [2.75, 3.05) is 11.1 Å². The van der Waals surface area contributed by atoms with Crippen molar-refractivity contribution in [1.82, 2.24) is 10.3 Å². The molecule has 3 N–H and O–H groups in total. The van der Waals surface area contributed by atoms with Crippen LogP contribution in [0.1, 0.15) is 0 Å². The second-order valence-corrected chi connectivity index (χ2v) is 5.09. The highest BCUT2D eigenvalue weighted by molar-refractivity contribution is 9.10. The molecule has 0 spiro atoms. The van der Waals surface area contributed by atoms with E-state index in [2.05, 4.69) is 31.6 Å². The Bertz CT molecular complexity index is 759. The van der Waals surface area contributed by atoms with E-state index in [1.807, 2.05) is 18.2 Å². The fraction of sp³-hybridized carbons (Fsp3) is 0. The number of halogens is 2. The minimum absolute atomic E-state index is 0.520. The molecule has 1 aromatic heterocycles. The smallest absolute Gasteiger partial charge is 0.160 e. The molecule has 5 nitrogen and oxygen atoms in total. The molecule has 19 heavy (non-hydrogen) atoms. The number of anilines is 3. The van der Waals surface area contributed by atoms with Gasteiger partial charge in [0.1, 0.15) is 0 Å². The Morgan fingerprint density at radius 3 is 2.74 bits per heavy atom. The zero-order chi connectivity index (χ0) is 13.4. The predicted molar refractivity (Wildman–Crippen MR) is 78.7 cm³/mol. The average Bonchev–Trinajstić information content (AvgIpc) is 2.88. The molecule has 0 atom stereocenters. The van der Waals surface area contributed by atoms with Gasteiger partial charge in [-0.3, -0.25) is 0 Å². The number of benzene rings is 2. The Kier molecular flexibility index (Phi) is 3.04. The van der Waals surface area contributed by atoms with Crippen molar-refractivity contribution in [3.05, 3.63) is 39.8 Å². The summed E-state index contributed by atoms with van der Waals surface area (Å²) < 4.78 is 5.50. The zero-order valence-electron chi connectivity index (χ0n) is 9.52. The second kappa shape index (κ2) is 4.71. The Labute approximate surface area is 121 Å². The summed E-state index contributed by atoms with van der Waals surface area (Å²) in [5.74, 6) is 0. The third-order valence-electron chi connectivity index (χ3n) is 2.67. The standard InChI is InChI=1S/C12H8BrClN4O/c13-10-6(14)2-1-3-8(10)16-9-5-4-7(15)11-12(9)18-19-17-11/h1-5,16H,15H2. The van der Waals surface area contributed by atoms with Gasteiger partial charge in [0.15, 0.2) is 11.0 Å². The SMILES string of the molecule is Nc1ccc(Nc2cccc(Cl)c2Br)c2nonc12. The van der Waals surface area contributed by atoms with E-state index in [-0.39, 0.29) is 0 Å². The maximum atomic E-state index is 6.05. The Balaban J connectivity index is 2.09. The summed E-state index contributed by atoms with van der Waals surface area (Å²) in [6.45, 7) is 0. The van der Waals surface area contributed by atoms with Gasteiger partial charge in [0, 0.05) is 0 Å². The van der Waals surface area contributed by atoms with Crippen LogP contribution in [0.3, 0.4) is 0 Å². The van der Waals surface area contributed by atoms with Gasteiger partial charge in [0.2, 0.25) is 0 Å². The fourth-order valence-electron chi connectivity index (χ4n) is 1.73. The molecule has 0 saturated carbocycles. The Morgan fingerprint density at radius 1 is 1.11 bits per heavy atom. The molecule has 0 fully saturated rings. The molecular weight excluding hydrogens is 332 g/mol. The molecule has 0 unspecified atom stereocenters. The van der Waals surface area contributed by atoms with Gasteiger partial charge in [-0.2, -0.15) is 0 Å². The van der Waals surface area contributed by atoms with Crippen LogP contribution in [-0.2, 0) is 0 Å². The van der Waals surface area contributed by atoms with Crippen LogP contribution in [-0.4, -0.2) is 10.3 Å². The van der Waals surface area contributed by atoms with Crippen LogP contribution in [0.15, 0.2) is 39.4 Å².